The number of nitrogens with two attached hydrogens (primary N) is 1. The van der Waals surface area contributed by atoms with Gasteiger partial charge in [-0.3, -0.25) is 0 Å². The molecular weight excluding hydrogens is 309 g/mol. The molecule has 0 aromatic heterocycles. The van der Waals surface area contributed by atoms with Crippen molar-refractivity contribution >= 4 is 15.9 Å². The van der Waals surface area contributed by atoms with E-state index in [2.05, 4.69) is 15.9 Å². The lowest BCUT2D eigenvalue weighted by molar-refractivity contribution is 0.412. The molecule has 0 amide bonds. The van der Waals surface area contributed by atoms with E-state index < -0.39 is 0 Å². The molecule has 0 radical (unpaired) electrons. The molecule has 0 aliphatic carbocycles. The van der Waals surface area contributed by atoms with E-state index in [0.717, 1.165) is 21.3 Å². The number of methoxy groups -OCH3 is 1. The maximum atomic E-state index is 12.8. The summed E-state index contributed by atoms with van der Waals surface area (Å²) in [7, 11) is 1.62. The van der Waals surface area contributed by atoms with Crippen molar-refractivity contribution in [2.24, 2.45) is 5.73 Å². The van der Waals surface area contributed by atoms with E-state index in [9.17, 15) is 4.39 Å². The zero-order valence-corrected chi connectivity index (χ0v) is 12.2. The molecule has 2 rings (SSSR count). The average Bonchev–Trinajstić information content (AvgIpc) is 2.41. The topological polar surface area (TPSA) is 35.2 Å². The third-order valence-electron chi connectivity index (χ3n) is 2.97. The average molecular weight is 324 g/mol. The van der Waals surface area contributed by atoms with E-state index in [0.29, 0.717) is 6.42 Å². The summed E-state index contributed by atoms with van der Waals surface area (Å²) in [5, 5.41) is 0. The maximum absolute atomic E-state index is 12.8. The van der Waals surface area contributed by atoms with Crippen LogP contribution in [0.25, 0.3) is 0 Å². The molecule has 0 aliphatic heterocycles. The molecule has 0 fully saturated rings. The number of ether oxygens (including phenoxy) is 1. The summed E-state index contributed by atoms with van der Waals surface area (Å²) in [5.41, 5.74) is 8.20. The van der Waals surface area contributed by atoms with Crippen molar-refractivity contribution in [3.63, 3.8) is 0 Å². The molecule has 1 unspecified atom stereocenters. The van der Waals surface area contributed by atoms with E-state index in [4.69, 9.17) is 10.5 Å². The van der Waals surface area contributed by atoms with Gasteiger partial charge in [0.1, 0.15) is 11.6 Å². The van der Waals surface area contributed by atoms with Crippen LogP contribution in [0.1, 0.15) is 17.2 Å². The number of benzene rings is 2. The zero-order valence-electron chi connectivity index (χ0n) is 10.6. The molecule has 0 aliphatic rings. The van der Waals surface area contributed by atoms with E-state index in [-0.39, 0.29) is 11.9 Å². The molecule has 2 aromatic carbocycles. The largest absolute Gasteiger partial charge is 0.496 e. The predicted octanol–water partition coefficient (Wildman–Crippen LogP) is 3.84. The summed E-state index contributed by atoms with van der Waals surface area (Å²) in [4.78, 5) is 0. The Morgan fingerprint density at radius 3 is 2.47 bits per heavy atom. The lowest BCUT2D eigenvalue weighted by atomic mass is 10.00. The Hall–Kier alpha value is -1.39. The first-order valence-corrected chi connectivity index (χ1v) is 6.73. The monoisotopic (exact) mass is 323 g/mol. The fourth-order valence-electron chi connectivity index (χ4n) is 1.91. The van der Waals surface area contributed by atoms with Crippen molar-refractivity contribution in [1.82, 2.24) is 0 Å². The Morgan fingerprint density at radius 2 is 1.89 bits per heavy atom. The van der Waals surface area contributed by atoms with E-state index in [1.165, 1.54) is 12.1 Å². The van der Waals surface area contributed by atoms with Crippen LogP contribution in [0.5, 0.6) is 5.75 Å². The van der Waals surface area contributed by atoms with Crippen LogP contribution in [0, 0.1) is 5.82 Å². The smallest absolute Gasteiger partial charge is 0.133 e. The van der Waals surface area contributed by atoms with Gasteiger partial charge in [0.15, 0.2) is 0 Å². The highest BCUT2D eigenvalue weighted by Crippen LogP contribution is 2.28. The van der Waals surface area contributed by atoms with Gasteiger partial charge in [-0.25, -0.2) is 4.39 Å². The van der Waals surface area contributed by atoms with Gasteiger partial charge in [-0.2, -0.15) is 0 Å². The molecular formula is C15H15BrFNO. The molecule has 0 bridgehead atoms. The van der Waals surface area contributed by atoms with Crippen LogP contribution in [-0.4, -0.2) is 7.11 Å². The molecule has 19 heavy (non-hydrogen) atoms. The lowest BCUT2D eigenvalue weighted by Gasteiger charge is -2.14. The lowest BCUT2D eigenvalue weighted by Crippen LogP contribution is -2.13. The molecule has 0 saturated heterocycles. The SMILES string of the molecule is COc1ccc(C(N)Cc2ccc(F)cc2)cc1Br. The number of hydrogen-bond acceptors (Lipinski definition) is 2. The van der Waals surface area contributed by atoms with E-state index in [1.54, 1.807) is 19.2 Å². The van der Waals surface area contributed by atoms with Gasteiger partial charge in [0.05, 0.1) is 11.6 Å². The van der Waals surface area contributed by atoms with Crippen molar-refractivity contribution in [3.05, 3.63) is 63.9 Å². The first-order valence-electron chi connectivity index (χ1n) is 5.93. The van der Waals surface area contributed by atoms with Crippen molar-refractivity contribution in [1.29, 1.82) is 0 Å². The normalized spacial score (nSPS) is 12.2. The Kier molecular flexibility index (Phi) is 4.56. The van der Waals surface area contributed by atoms with E-state index in [1.807, 2.05) is 18.2 Å². The van der Waals surface area contributed by atoms with Crippen LogP contribution >= 0.6 is 15.9 Å². The first-order chi connectivity index (χ1) is 9.10. The van der Waals surface area contributed by atoms with Crippen LogP contribution in [0.15, 0.2) is 46.9 Å². The summed E-state index contributed by atoms with van der Waals surface area (Å²) in [6.07, 6.45) is 0.666. The first kappa shape index (κ1) is 14.0. The van der Waals surface area contributed by atoms with Gasteiger partial charge in [-0.1, -0.05) is 18.2 Å². The van der Waals surface area contributed by atoms with Crippen LogP contribution in [0.2, 0.25) is 0 Å². The quantitative estimate of drug-likeness (QED) is 0.927. The van der Waals surface area contributed by atoms with Crippen molar-refractivity contribution in [2.45, 2.75) is 12.5 Å². The third kappa shape index (κ3) is 3.55. The molecule has 0 saturated carbocycles. The second-order valence-electron chi connectivity index (χ2n) is 4.33. The molecule has 2 aromatic rings. The number of hydrogen-bond donors (Lipinski definition) is 1. The van der Waals surface area contributed by atoms with Crippen LogP contribution in [-0.2, 0) is 6.42 Å². The summed E-state index contributed by atoms with van der Waals surface area (Å²) < 4.78 is 18.9. The second kappa shape index (κ2) is 6.17. The Morgan fingerprint density at radius 1 is 1.21 bits per heavy atom. The Bertz CT molecular complexity index is 557. The molecule has 100 valence electrons. The summed E-state index contributed by atoms with van der Waals surface area (Å²) >= 11 is 3.44. The standard InChI is InChI=1S/C15H15BrFNO/c1-19-15-7-4-11(9-13(15)16)14(18)8-10-2-5-12(17)6-3-10/h2-7,9,14H,8,18H2,1H3. The van der Waals surface area contributed by atoms with Gasteiger partial charge in [-0.05, 0) is 57.7 Å². The third-order valence-corrected chi connectivity index (χ3v) is 3.59. The molecule has 4 heteroatoms. The highest BCUT2D eigenvalue weighted by Gasteiger charge is 2.10. The fraction of sp³-hybridized carbons (Fsp3) is 0.200. The van der Waals surface area contributed by atoms with Gasteiger partial charge < -0.3 is 10.5 Å². The van der Waals surface area contributed by atoms with Crippen LogP contribution in [0.4, 0.5) is 4.39 Å². The summed E-state index contributed by atoms with van der Waals surface area (Å²) in [6.45, 7) is 0. The highest BCUT2D eigenvalue weighted by atomic mass is 79.9. The second-order valence-corrected chi connectivity index (χ2v) is 5.19. The number of rotatable bonds is 4. The number of halogens is 2. The van der Waals surface area contributed by atoms with Gasteiger partial charge >= 0.3 is 0 Å². The Labute approximate surface area is 120 Å². The minimum atomic E-state index is -0.232. The van der Waals surface area contributed by atoms with Gasteiger partial charge in [0.2, 0.25) is 0 Å². The maximum Gasteiger partial charge on any atom is 0.133 e. The van der Waals surface area contributed by atoms with Gasteiger partial charge in [0, 0.05) is 6.04 Å². The molecule has 2 N–H and O–H groups in total. The van der Waals surface area contributed by atoms with E-state index >= 15 is 0 Å². The van der Waals surface area contributed by atoms with Gasteiger partial charge in [0.25, 0.3) is 0 Å². The molecule has 0 heterocycles. The zero-order chi connectivity index (χ0) is 13.8. The molecule has 1 atom stereocenters. The summed E-state index contributed by atoms with van der Waals surface area (Å²) in [6, 6.07) is 12.1. The minimum absolute atomic E-state index is 0.132. The molecule has 0 spiro atoms. The van der Waals surface area contributed by atoms with Crippen molar-refractivity contribution in [3.8, 4) is 5.75 Å². The fourth-order valence-corrected chi connectivity index (χ4v) is 2.46. The highest BCUT2D eigenvalue weighted by molar-refractivity contribution is 9.10. The molecule has 2 nitrogen and oxygen atoms in total. The minimum Gasteiger partial charge on any atom is -0.496 e. The summed E-state index contributed by atoms with van der Waals surface area (Å²) in [5.74, 6) is 0.544. The van der Waals surface area contributed by atoms with Crippen molar-refractivity contribution in [2.75, 3.05) is 7.11 Å². The van der Waals surface area contributed by atoms with Crippen molar-refractivity contribution < 1.29 is 9.13 Å². The van der Waals surface area contributed by atoms with Crippen LogP contribution < -0.4 is 10.5 Å². The predicted molar refractivity (Wildman–Crippen MR) is 77.7 cm³/mol. The Balaban J connectivity index is 2.13. The van der Waals surface area contributed by atoms with Gasteiger partial charge in [-0.15, -0.1) is 0 Å². The van der Waals surface area contributed by atoms with Crippen LogP contribution in [0.3, 0.4) is 0 Å².